The van der Waals surface area contributed by atoms with Crippen molar-refractivity contribution in [1.29, 1.82) is 0 Å². The number of amides is 2. The molecule has 2 aliphatic heterocycles. The maximum Gasteiger partial charge on any atom is 0.319 e. The molecule has 1 unspecified atom stereocenters. The zero-order valence-corrected chi connectivity index (χ0v) is 14.3. The zero-order chi connectivity index (χ0) is 17.7. The molecule has 26 heavy (non-hydrogen) atoms. The molecule has 1 aliphatic carbocycles. The topological polar surface area (TPSA) is 68.8 Å². The summed E-state index contributed by atoms with van der Waals surface area (Å²) in [6.07, 6.45) is 1.77. The van der Waals surface area contributed by atoms with E-state index < -0.39 is 0 Å². The molecule has 0 spiro atoms. The van der Waals surface area contributed by atoms with E-state index >= 15 is 0 Å². The van der Waals surface area contributed by atoms with Gasteiger partial charge in [-0.25, -0.2) is 4.79 Å². The second-order valence-electron chi connectivity index (χ2n) is 6.57. The lowest BCUT2D eigenvalue weighted by atomic mass is 9.82. The number of fused-ring (bicyclic) bond motifs is 3. The minimum atomic E-state index is -0.199. The summed E-state index contributed by atoms with van der Waals surface area (Å²) in [5.41, 5.74) is 5.33. The highest BCUT2D eigenvalue weighted by molar-refractivity contribution is 5.91. The van der Waals surface area contributed by atoms with Crippen molar-refractivity contribution in [1.82, 2.24) is 10.6 Å². The first-order valence-electron chi connectivity index (χ1n) is 8.60. The van der Waals surface area contributed by atoms with Crippen LogP contribution in [0.3, 0.4) is 0 Å². The summed E-state index contributed by atoms with van der Waals surface area (Å²) < 4.78 is 16.2. The molecule has 2 N–H and O–H groups in total. The fraction of sp³-hybridized carbons (Fsp3) is 0.250. The first-order chi connectivity index (χ1) is 12.7. The van der Waals surface area contributed by atoms with Crippen molar-refractivity contribution >= 4 is 11.7 Å². The van der Waals surface area contributed by atoms with E-state index in [-0.39, 0.29) is 18.9 Å². The minimum absolute atomic E-state index is 0.177. The van der Waals surface area contributed by atoms with E-state index in [4.69, 9.17) is 14.2 Å². The number of carbonyl (C=O) groups is 1. The second-order valence-corrected chi connectivity index (χ2v) is 6.57. The van der Waals surface area contributed by atoms with Crippen molar-refractivity contribution in [2.75, 3.05) is 13.9 Å². The van der Waals surface area contributed by atoms with Crippen molar-refractivity contribution in [3.8, 4) is 17.2 Å². The van der Waals surface area contributed by atoms with Crippen LogP contribution in [0.1, 0.15) is 29.2 Å². The quantitative estimate of drug-likeness (QED) is 0.873. The summed E-state index contributed by atoms with van der Waals surface area (Å²) in [4.78, 5) is 12.3. The summed E-state index contributed by atoms with van der Waals surface area (Å²) >= 11 is 0. The summed E-state index contributed by atoms with van der Waals surface area (Å²) in [6, 6.07) is 11.4. The predicted molar refractivity (Wildman–Crippen MR) is 95.2 cm³/mol. The summed E-state index contributed by atoms with van der Waals surface area (Å²) in [7, 11) is 1.66. The normalized spacial score (nSPS) is 20.0. The van der Waals surface area contributed by atoms with Crippen LogP contribution in [0.2, 0.25) is 0 Å². The predicted octanol–water partition coefficient (Wildman–Crippen LogP) is 3.14. The van der Waals surface area contributed by atoms with Crippen LogP contribution in [0.15, 0.2) is 42.0 Å². The number of aryl methyl sites for hydroxylation is 1. The average molecular weight is 350 g/mol. The van der Waals surface area contributed by atoms with Gasteiger partial charge < -0.3 is 24.8 Å². The van der Waals surface area contributed by atoms with Crippen molar-refractivity contribution in [3.63, 3.8) is 0 Å². The minimum Gasteiger partial charge on any atom is -0.497 e. The van der Waals surface area contributed by atoms with Gasteiger partial charge >= 0.3 is 6.03 Å². The molecule has 0 bridgehead atoms. The molecule has 0 aromatic heterocycles. The van der Waals surface area contributed by atoms with E-state index in [2.05, 4.69) is 10.6 Å². The number of nitrogens with one attached hydrogen (secondary N) is 2. The maximum absolute atomic E-state index is 12.3. The second kappa shape index (κ2) is 5.69. The molecular formula is C20H18N2O4. The Bertz CT molecular complexity index is 951. The molecule has 2 heterocycles. The first kappa shape index (κ1) is 15.1. The van der Waals surface area contributed by atoms with Crippen molar-refractivity contribution in [2.24, 2.45) is 0 Å². The molecule has 5 rings (SSSR count). The number of hydrogen-bond donors (Lipinski definition) is 2. The smallest absolute Gasteiger partial charge is 0.319 e. The lowest BCUT2D eigenvalue weighted by Crippen LogP contribution is -2.44. The highest BCUT2D eigenvalue weighted by atomic mass is 16.7. The SMILES string of the molecule is COc1ccc2c(c1)CCC1=C2NC(=O)NC1c1ccc2c(c1)OCO2. The van der Waals surface area contributed by atoms with Crippen LogP contribution in [0.25, 0.3) is 5.70 Å². The van der Waals surface area contributed by atoms with E-state index in [1.165, 1.54) is 11.1 Å². The zero-order valence-electron chi connectivity index (χ0n) is 14.3. The van der Waals surface area contributed by atoms with E-state index in [1.54, 1.807) is 7.11 Å². The Balaban J connectivity index is 1.60. The Morgan fingerprint density at radius 2 is 1.96 bits per heavy atom. The van der Waals surface area contributed by atoms with Gasteiger partial charge in [0.1, 0.15) is 5.75 Å². The number of ether oxygens (including phenoxy) is 3. The fourth-order valence-electron chi connectivity index (χ4n) is 3.90. The number of urea groups is 1. The van der Waals surface area contributed by atoms with Gasteiger partial charge in [0.25, 0.3) is 0 Å². The van der Waals surface area contributed by atoms with Gasteiger partial charge in [0.2, 0.25) is 6.79 Å². The lowest BCUT2D eigenvalue weighted by Gasteiger charge is -2.34. The van der Waals surface area contributed by atoms with Gasteiger partial charge in [-0.1, -0.05) is 6.07 Å². The molecule has 2 aromatic carbocycles. The number of methoxy groups -OCH3 is 1. The molecule has 6 nitrogen and oxygen atoms in total. The van der Waals surface area contributed by atoms with Crippen LogP contribution < -0.4 is 24.8 Å². The van der Waals surface area contributed by atoms with Gasteiger partial charge in [-0.05, 0) is 59.9 Å². The van der Waals surface area contributed by atoms with Crippen molar-refractivity contribution in [3.05, 3.63) is 58.7 Å². The molecule has 0 radical (unpaired) electrons. The van der Waals surface area contributed by atoms with Crippen LogP contribution in [0, 0.1) is 0 Å². The third-order valence-corrected chi connectivity index (χ3v) is 5.16. The van der Waals surface area contributed by atoms with E-state index in [9.17, 15) is 4.79 Å². The number of benzene rings is 2. The molecular weight excluding hydrogens is 332 g/mol. The third kappa shape index (κ3) is 2.29. The highest BCUT2D eigenvalue weighted by Gasteiger charge is 2.33. The van der Waals surface area contributed by atoms with Crippen LogP contribution in [0.5, 0.6) is 17.2 Å². The monoisotopic (exact) mass is 350 g/mol. The Morgan fingerprint density at radius 1 is 1.08 bits per heavy atom. The maximum atomic E-state index is 12.3. The van der Waals surface area contributed by atoms with Crippen molar-refractivity contribution in [2.45, 2.75) is 18.9 Å². The summed E-state index contributed by atoms with van der Waals surface area (Å²) in [5.74, 6) is 2.29. The molecule has 132 valence electrons. The molecule has 2 aromatic rings. The molecule has 0 saturated heterocycles. The van der Waals surface area contributed by atoms with Gasteiger partial charge in [-0.3, -0.25) is 0 Å². The van der Waals surface area contributed by atoms with Crippen LogP contribution >= 0.6 is 0 Å². The van der Waals surface area contributed by atoms with E-state index in [0.717, 1.165) is 46.9 Å². The number of carbonyl (C=O) groups excluding carboxylic acids is 1. The Morgan fingerprint density at radius 3 is 2.85 bits per heavy atom. The molecule has 2 amide bonds. The van der Waals surface area contributed by atoms with Gasteiger partial charge in [0.15, 0.2) is 11.5 Å². The largest absolute Gasteiger partial charge is 0.497 e. The Kier molecular flexibility index (Phi) is 3.31. The molecule has 0 fully saturated rings. The van der Waals surface area contributed by atoms with Crippen LogP contribution in [0.4, 0.5) is 4.79 Å². The average Bonchev–Trinajstić information content (AvgIpc) is 3.14. The molecule has 0 saturated carbocycles. The van der Waals surface area contributed by atoms with Crippen molar-refractivity contribution < 1.29 is 19.0 Å². The molecule has 3 aliphatic rings. The molecule has 6 heteroatoms. The number of hydrogen-bond acceptors (Lipinski definition) is 4. The van der Waals surface area contributed by atoms with Crippen LogP contribution in [-0.4, -0.2) is 19.9 Å². The standard InChI is InChI=1S/C20H18N2O4/c1-24-13-4-6-14-11(8-13)2-5-15-18(21-20(23)22-19(14)15)12-3-7-16-17(9-12)26-10-25-16/h3-4,6-9,18H,2,5,10H2,1H3,(H2,21,22,23). The van der Waals surface area contributed by atoms with Crippen LogP contribution in [-0.2, 0) is 6.42 Å². The van der Waals surface area contributed by atoms with Gasteiger partial charge in [0, 0.05) is 5.56 Å². The first-order valence-corrected chi connectivity index (χ1v) is 8.60. The van der Waals surface area contributed by atoms with E-state index in [0.29, 0.717) is 0 Å². The Labute approximate surface area is 150 Å². The van der Waals surface area contributed by atoms with Gasteiger partial charge in [-0.2, -0.15) is 0 Å². The van der Waals surface area contributed by atoms with E-state index in [1.807, 2.05) is 36.4 Å². The van der Waals surface area contributed by atoms with Gasteiger partial charge in [-0.15, -0.1) is 0 Å². The third-order valence-electron chi connectivity index (χ3n) is 5.16. The number of rotatable bonds is 2. The fourth-order valence-corrected chi connectivity index (χ4v) is 3.90. The Hall–Kier alpha value is -3.15. The van der Waals surface area contributed by atoms with Gasteiger partial charge in [0.05, 0.1) is 18.8 Å². The summed E-state index contributed by atoms with van der Waals surface area (Å²) in [5, 5.41) is 6.04. The summed E-state index contributed by atoms with van der Waals surface area (Å²) in [6.45, 7) is 0.237. The lowest BCUT2D eigenvalue weighted by molar-refractivity contribution is 0.174. The molecule has 1 atom stereocenters. The highest BCUT2D eigenvalue weighted by Crippen LogP contribution is 2.42.